The Morgan fingerprint density at radius 1 is 1.52 bits per heavy atom. The lowest BCUT2D eigenvalue weighted by atomic mass is 9.93. The number of halogens is 1. The molecule has 7 heteroatoms. The predicted molar refractivity (Wildman–Crippen MR) is 83.7 cm³/mol. The van der Waals surface area contributed by atoms with E-state index in [1.165, 1.54) is 12.4 Å². The van der Waals surface area contributed by atoms with Crippen LogP contribution in [0.25, 0.3) is 10.9 Å². The van der Waals surface area contributed by atoms with Crippen LogP contribution in [0.3, 0.4) is 0 Å². The van der Waals surface area contributed by atoms with E-state index in [1.54, 1.807) is 0 Å². The summed E-state index contributed by atoms with van der Waals surface area (Å²) < 4.78 is 19.7. The summed E-state index contributed by atoms with van der Waals surface area (Å²) in [5.41, 5.74) is -0.121. The zero-order valence-electron chi connectivity index (χ0n) is 12.8. The second-order valence-electron chi connectivity index (χ2n) is 5.69. The van der Waals surface area contributed by atoms with E-state index < -0.39 is 5.82 Å². The van der Waals surface area contributed by atoms with Crippen molar-refractivity contribution in [3.05, 3.63) is 34.6 Å². The highest BCUT2D eigenvalue weighted by Gasteiger charge is 2.27. The predicted octanol–water partition coefficient (Wildman–Crippen LogP) is 2.21. The van der Waals surface area contributed by atoms with Gasteiger partial charge in [-0.1, -0.05) is 6.92 Å². The summed E-state index contributed by atoms with van der Waals surface area (Å²) in [5.74, 6) is -1.07. The normalized spacial score (nSPS) is 21.3. The zero-order valence-corrected chi connectivity index (χ0v) is 12.8. The van der Waals surface area contributed by atoms with Crippen molar-refractivity contribution in [2.24, 2.45) is 5.92 Å². The monoisotopic (exact) mass is 319 g/mol. The van der Waals surface area contributed by atoms with Gasteiger partial charge in [-0.15, -0.1) is 0 Å². The molecule has 1 aliphatic rings. The van der Waals surface area contributed by atoms with Crippen molar-refractivity contribution in [2.45, 2.75) is 32.3 Å². The van der Waals surface area contributed by atoms with E-state index in [9.17, 15) is 14.0 Å². The molecule has 23 heavy (non-hydrogen) atoms. The van der Waals surface area contributed by atoms with Crippen LogP contribution in [0.15, 0.2) is 23.3 Å². The van der Waals surface area contributed by atoms with Gasteiger partial charge in [0.1, 0.15) is 5.82 Å². The first kappa shape index (κ1) is 15.6. The van der Waals surface area contributed by atoms with Crippen molar-refractivity contribution in [2.75, 3.05) is 11.9 Å². The maximum atomic E-state index is 14.1. The molecule has 0 aliphatic carbocycles. The van der Waals surface area contributed by atoms with E-state index in [2.05, 4.69) is 15.3 Å². The van der Waals surface area contributed by atoms with E-state index in [-0.39, 0.29) is 40.1 Å². The maximum absolute atomic E-state index is 14.1. The van der Waals surface area contributed by atoms with Gasteiger partial charge in [0.15, 0.2) is 0 Å². The quantitative estimate of drug-likeness (QED) is 0.908. The highest BCUT2D eigenvalue weighted by Crippen LogP contribution is 2.25. The minimum absolute atomic E-state index is 0.000500. The van der Waals surface area contributed by atoms with Gasteiger partial charge in [0.05, 0.1) is 29.0 Å². The minimum atomic E-state index is -0.608. The third-order valence-corrected chi connectivity index (χ3v) is 4.18. The number of nitrogens with one attached hydrogen (secondary N) is 2. The Bertz CT molecular complexity index is 790. The first-order valence-electron chi connectivity index (χ1n) is 7.68. The second kappa shape index (κ2) is 6.45. The number of hydrogen-bond donors (Lipinski definition) is 2. The van der Waals surface area contributed by atoms with Crippen LogP contribution in [-0.2, 0) is 9.53 Å². The summed E-state index contributed by atoms with van der Waals surface area (Å²) in [6.07, 6.45) is 3.36. The molecule has 1 fully saturated rings. The molecule has 0 spiro atoms. The number of carbonyl (C=O) groups is 1. The molecule has 2 aromatic rings. The van der Waals surface area contributed by atoms with E-state index in [0.717, 1.165) is 12.5 Å². The summed E-state index contributed by atoms with van der Waals surface area (Å²) in [5, 5.41) is 2.83. The molecule has 1 amide bonds. The Labute approximate surface area is 132 Å². The van der Waals surface area contributed by atoms with Crippen molar-refractivity contribution in [1.82, 2.24) is 9.97 Å². The summed E-state index contributed by atoms with van der Waals surface area (Å²) in [4.78, 5) is 30.5. The lowest BCUT2D eigenvalue weighted by molar-refractivity contribution is -0.124. The number of benzene rings is 1. The fraction of sp³-hybridized carbons (Fsp3) is 0.438. The fourth-order valence-electron chi connectivity index (χ4n) is 2.82. The molecule has 3 rings (SSSR count). The molecule has 1 saturated heterocycles. The molecule has 0 saturated carbocycles. The van der Waals surface area contributed by atoms with Gasteiger partial charge in [-0.05, 0) is 25.3 Å². The number of aromatic nitrogens is 2. The van der Waals surface area contributed by atoms with Crippen molar-refractivity contribution in [1.29, 1.82) is 0 Å². The average Bonchev–Trinajstić information content (AvgIpc) is 2.56. The van der Waals surface area contributed by atoms with Gasteiger partial charge in [-0.2, -0.15) is 0 Å². The molecule has 2 N–H and O–H groups in total. The number of nitrogens with zero attached hydrogens (tertiary/aromatic N) is 1. The van der Waals surface area contributed by atoms with Crippen LogP contribution in [0.5, 0.6) is 0 Å². The zero-order chi connectivity index (χ0) is 16.4. The molecule has 122 valence electrons. The Balaban J connectivity index is 1.83. The Hall–Kier alpha value is -2.28. The van der Waals surface area contributed by atoms with E-state index in [4.69, 9.17) is 4.74 Å². The third-order valence-electron chi connectivity index (χ3n) is 4.18. The lowest BCUT2D eigenvalue weighted by Crippen LogP contribution is -2.33. The van der Waals surface area contributed by atoms with Crippen LogP contribution < -0.4 is 10.9 Å². The molecule has 2 heterocycles. The van der Waals surface area contributed by atoms with Gasteiger partial charge < -0.3 is 15.0 Å². The number of carbonyl (C=O) groups excluding carboxylic acids is 1. The summed E-state index contributed by atoms with van der Waals surface area (Å²) in [6, 6.07) is 2.48. The molecule has 0 unspecified atom stereocenters. The number of fused-ring (bicyclic) bond motifs is 1. The van der Waals surface area contributed by atoms with Crippen LogP contribution in [0.1, 0.15) is 26.2 Å². The standard InChI is InChI=1S/C16H18FN3O3/c1-2-10-5-9(3-4-23-10)15(21)20-14-6-11-13(7-12(14)17)18-8-19-16(11)22/h6-10H,2-5H2,1H3,(H,20,21)(H,18,19,22)/t9-,10-/m1/s1. The molecule has 1 aromatic carbocycles. The number of aromatic amines is 1. The van der Waals surface area contributed by atoms with E-state index in [0.29, 0.717) is 19.4 Å². The number of ether oxygens (including phenoxy) is 1. The number of hydrogen-bond acceptors (Lipinski definition) is 4. The Kier molecular flexibility index (Phi) is 4.38. The first-order chi connectivity index (χ1) is 11.1. The number of H-pyrrole nitrogens is 1. The fourth-order valence-corrected chi connectivity index (χ4v) is 2.82. The molecule has 1 aliphatic heterocycles. The summed E-state index contributed by atoms with van der Waals surface area (Å²) in [7, 11) is 0. The molecule has 6 nitrogen and oxygen atoms in total. The van der Waals surface area contributed by atoms with Gasteiger partial charge in [0.2, 0.25) is 5.91 Å². The number of rotatable bonds is 3. The number of amides is 1. The first-order valence-corrected chi connectivity index (χ1v) is 7.68. The SMILES string of the molecule is CC[C@@H]1C[C@H](C(=O)Nc2cc3c(=O)[nH]cnc3cc2F)CCO1. The second-order valence-corrected chi connectivity index (χ2v) is 5.69. The van der Waals surface area contributed by atoms with Crippen molar-refractivity contribution < 1.29 is 13.9 Å². The Morgan fingerprint density at radius 3 is 3.13 bits per heavy atom. The largest absolute Gasteiger partial charge is 0.378 e. The van der Waals surface area contributed by atoms with Crippen LogP contribution >= 0.6 is 0 Å². The molecule has 1 aromatic heterocycles. The highest BCUT2D eigenvalue weighted by molar-refractivity contribution is 5.95. The van der Waals surface area contributed by atoms with Gasteiger partial charge in [-0.3, -0.25) is 9.59 Å². The molecular weight excluding hydrogens is 301 g/mol. The van der Waals surface area contributed by atoms with Crippen molar-refractivity contribution >= 4 is 22.5 Å². The summed E-state index contributed by atoms with van der Waals surface area (Å²) >= 11 is 0. The minimum Gasteiger partial charge on any atom is -0.378 e. The third kappa shape index (κ3) is 3.24. The highest BCUT2D eigenvalue weighted by atomic mass is 19.1. The van der Waals surface area contributed by atoms with Gasteiger partial charge >= 0.3 is 0 Å². The molecule has 2 atom stereocenters. The van der Waals surface area contributed by atoms with Gasteiger partial charge in [0.25, 0.3) is 5.56 Å². The lowest BCUT2D eigenvalue weighted by Gasteiger charge is -2.28. The topological polar surface area (TPSA) is 84.1 Å². The number of anilines is 1. The van der Waals surface area contributed by atoms with Crippen LogP contribution in [0.2, 0.25) is 0 Å². The summed E-state index contributed by atoms with van der Waals surface area (Å²) in [6.45, 7) is 2.54. The molecular formula is C16H18FN3O3. The van der Waals surface area contributed by atoms with Crippen molar-refractivity contribution in [3.8, 4) is 0 Å². The van der Waals surface area contributed by atoms with E-state index in [1.807, 2.05) is 6.92 Å². The van der Waals surface area contributed by atoms with Crippen LogP contribution in [0, 0.1) is 11.7 Å². The Morgan fingerprint density at radius 2 is 2.35 bits per heavy atom. The van der Waals surface area contributed by atoms with Crippen molar-refractivity contribution in [3.63, 3.8) is 0 Å². The van der Waals surface area contributed by atoms with Gasteiger partial charge in [-0.25, -0.2) is 9.37 Å². The van der Waals surface area contributed by atoms with Crippen LogP contribution in [0.4, 0.5) is 10.1 Å². The molecule has 0 bridgehead atoms. The smallest absolute Gasteiger partial charge is 0.258 e. The van der Waals surface area contributed by atoms with Crippen LogP contribution in [-0.4, -0.2) is 28.6 Å². The van der Waals surface area contributed by atoms with Gasteiger partial charge in [0, 0.05) is 18.6 Å². The maximum Gasteiger partial charge on any atom is 0.258 e. The van der Waals surface area contributed by atoms with E-state index >= 15 is 0 Å². The molecule has 0 radical (unpaired) electrons. The average molecular weight is 319 g/mol.